The molecule has 0 fully saturated rings. The van der Waals surface area contributed by atoms with E-state index in [2.05, 4.69) is 15.5 Å². The Morgan fingerprint density at radius 3 is 3.12 bits per heavy atom. The zero-order valence-corrected chi connectivity index (χ0v) is 8.81. The van der Waals surface area contributed by atoms with Crippen LogP contribution >= 0.6 is 0 Å². The number of amides is 1. The largest absolute Gasteiger partial charge is 0.472 e. The van der Waals surface area contributed by atoms with Crippen LogP contribution in [0, 0.1) is 0 Å². The van der Waals surface area contributed by atoms with E-state index in [1.54, 1.807) is 12.3 Å². The summed E-state index contributed by atoms with van der Waals surface area (Å²) in [5.41, 5.74) is 2.10. The van der Waals surface area contributed by atoms with E-state index >= 15 is 0 Å². The quantitative estimate of drug-likeness (QED) is 0.706. The molecule has 1 aromatic carbocycles. The number of H-pyrrole nitrogens is 1. The molecule has 0 spiro atoms. The zero-order chi connectivity index (χ0) is 11.7. The lowest BCUT2D eigenvalue weighted by atomic mass is 10.2. The number of hydrogen-bond acceptors (Lipinski definition) is 3. The number of carbonyl (C=O) groups is 1. The fraction of sp³-hybridized carbons (Fsp3) is 0. The van der Waals surface area contributed by atoms with Crippen molar-refractivity contribution >= 4 is 22.5 Å². The predicted octanol–water partition coefficient (Wildman–Crippen LogP) is 2.41. The maximum Gasteiger partial charge on any atom is 0.258 e. The Kier molecular flexibility index (Phi) is 2.15. The van der Waals surface area contributed by atoms with Gasteiger partial charge in [0.15, 0.2) is 0 Å². The number of nitrogens with zero attached hydrogens (tertiary/aromatic N) is 1. The second kappa shape index (κ2) is 3.79. The molecule has 2 N–H and O–H groups in total. The number of hydrogen-bond donors (Lipinski definition) is 2. The number of nitrogens with one attached hydrogen (secondary N) is 2. The minimum absolute atomic E-state index is 0.197. The lowest BCUT2D eigenvalue weighted by Gasteiger charge is -2.02. The SMILES string of the molecule is O=C(Nc1ccc2cn[nH]c2c1)c1ccoc1. The molecule has 17 heavy (non-hydrogen) atoms. The van der Waals surface area contributed by atoms with Crippen LogP contribution in [0.15, 0.2) is 47.4 Å². The Morgan fingerprint density at radius 1 is 1.35 bits per heavy atom. The van der Waals surface area contributed by atoms with E-state index in [0.29, 0.717) is 11.3 Å². The first-order chi connectivity index (χ1) is 8.33. The van der Waals surface area contributed by atoms with E-state index in [0.717, 1.165) is 10.9 Å². The molecule has 3 rings (SSSR count). The molecule has 0 atom stereocenters. The van der Waals surface area contributed by atoms with E-state index in [4.69, 9.17) is 4.42 Å². The summed E-state index contributed by atoms with van der Waals surface area (Å²) in [7, 11) is 0. The second-order valence-electron chi connectivity index (χ2n) is 3.64. The third-order valence-electron chi connectivity index (χ3n) is 2.48. The van der Waals surface area contributed by atoms with Crippen molar-refractivity contribution < 1.29 is 9.21 Å². The summed E-state index contributed by atoms with van der Waals surface area (Å²) in [6.07, 6.45) is 4.61. The normalized spacial score (nSPS) is 10.6. The lowest BCUT2D eigenvalue weighted by molar-refractivity contribution is 0.102. The van der Waals surface area contributed by atoms with Crippen molar-refractivity contribution in [3.05, 3.63) is 48.6 Å². The number of aromatic nitrogens is 2. The third kappa shape index (κ3) is 1.78. The molecule has 0 saturated carbocycles. The number of furan rings is 1. The molecule has 84 valence electrons. The summed E-state index contributed by atoms with van der Waals surface area (Å²) in [6.45, 7) is 0. The zero-order valence-electron chi connectivity index (χ0n) is 8.81. The Labute approximate surface area is 96.4 Å². The molecule has 0 saturated heterocycles. The molecule has 5 nitrogen and oxygen atoms in total. The molecule has 0 aliphatic carbocycles. The van der Waals surface area contributed by atoms with Crippen molar-refractivity contribution in [3.63, 3.8) is 0 Å². The number of rotatable bonds is 2. The minimum Gasteiger partial charge on any atom is -0.472 e. The second-order valence-corrected chi connectivity index (χ2v) is 3.64. The number of anilines is 1. The van der Waals surface area contributed by atoms with Crippen LogP contribution < -0.4 is 5.32 Å². The first-order valence-corrected chi connectivity index (χ1v) is 5.09. The van der Waals surface area contributed by atoms with Gasteiger partial charge in [-0.25, -0.2) is 0 Å². The minimum atomic E-state index is -0.197. The van der Waals surface area contributed by atoms with Gasteiger partial charge in [-0.3, -0.25) is 9.89 Å². The first kappa shape index (κ1) is 9.65. The number of benzene rings is 1. The maximum atomic E-state index is 11.8. The summed E-state index contributed by atoms with van der Waals surface area (Å²) in [4.78, 5) is 11.8. The molecule has 0 aliphatic heterocycles. The molecule has 0 aliphatic rings. The highest BCUT2D eigenvalue weighted by molar-refractivity contribution is 6.04. The maximum absolute atomic E-state index is 11.8. The van der Waals surface area contributed by atoms with Crippen molar-refractivity contribution in [2.24, 2.45) is 0 Å². The molecule has 2 heterocycles. The van der Waals surface area contributed by atoms with Crippen LogP contribution in [0.5, 0.6) is 0 Å². The summed E-state index contributed by atoms with van der Waals surface area (Å²) in [5.74, 6) is -0.197. The number of fused-ring (bicyclic) bond motifs is 1. The van der Waals surface area contributed by atoms with Gasteiger partial charge in [-0.2, -0.15) is 5.10 Å². The van der Waals surface area contributed by atoms with Crippen molar-refractivity contribution in [1.82, 2.24) is 10.2 Å². The molecule has 0 unspecified atom stereocenters. The van der Waals surface area contributed by atoms with E-state index in [9.17, 15) is 4.79 Å². The van der Waals surface area contributed by atoms with Crippen molar-refractivity contribution in [3.8, 4) is 0 Å². The average molecular weight is 227 g/mol. The molecule has 1 amide bonds. The summed E-state index contributed by atoms with van der Waals surface area (Å²) in [5, 5.41) is 10.6. The van der Waals surface area contributed by atoms with Gasteiger partial charge in [-0.1, -0.05) is 0 Å². The van der Waals surface area contributed by atoms with Gasteiger partial charge < -0.3 is 9.73 Å². The Bertz CT molecular complexity index is 655. The fourth-order valence-electron chi connectivity index (χ4n) is 1.61. The van der Waals surface area contributed by atoms with Gasteiger partial charge in [0.2, 0.25) is 0 Å². The number of carbonyl (C=O) groups excluding carboxylic acids is 1. The molecule has 5 heteroatoms. The smallest absolute Gasteiger partial charge is 0.258 e. The third-order valence-corrected chi connectivity index (χ3v) is 2.48. The van der Waals surface area contributed by atoms with Gasteiger partial charge in [0.05, 0.1) is 23.5 Å². The summed E-state index contributed by atoms with van der Waals surface area (Å²) >= 11 is 0. The van der Waals surface area contributed by atoms with Crippen LogP contribution in [0.3, 0.4) is 0 Å². The van der Waals surface area contributed by atoms with Gasteiger partial charge in [-0.15, -0.1) is 0 Å². The fourth-order valence-corrected chi connectivity index (χ4v) is 1.61. The van der Waals surface area contributed by atoms with Crippen LogP contribution in [-0.4, -0.2) is 16.1 Å². The summed E-state index contributed by atoms with van der Waals surface area (Å²) in [6, 6.07) is 7.17. The standard InChI is InChI=1S/C12H9N3O2/c16-12(9-3-4-17-7-9)14-10-2-1-8-6-13-15-11(8)5-10/h1-7H,(H,13,15)(H,14,16). The predicted molar refractivity (Wildman–Crippen MR) is 62.8 cm³/mol. The van der Waals surface area contributed by atoms with Gasteiger partial charge in [0.1, 0.15) is 6.26 Å². The monoisotopic (exact) mass is 227 g/mol. The van der Waals surface area contributed by atoms with Gasteiger partial charge in [-0.05, 0) is 24.3 Å². The van der Waals surface area contributed by atoms with E-state index in [-0.39, 0.29) is 5.91 Å². The van der Waals surface area contributed by atoms with Crippen molar-refractivity contribution in [2.75, 3.05) is 5.32 Å². The molecular formula is C12H9N3O2. The molecule has 3 aromatic rings. The highest BCUT2D eigenvalue weighted by Crippen LogP contribution is 2.17. The molecule has 0 bridgehead atoms. The van der Waals surface area contributed by atoms with E-state index in [1.165, 1.54) is 12.5 Å². The summed E-state index contributed by atoms with van der Waals surface area (Å²) < 4.78 is 4.85. The van der Waals surface area contributed by atoms with E-state index in [1.807, 2.05) is 18.2 Å². The Balaban J connectivity index is 1.87. The van der Waals surface area contributed by atoms with Crippen molar-refractivity contribution in [1.29, 1.82) is 0 Å². The Hall–Kier alpha value is -2.56. The van der Waals surface area contributed by atoms with Crippen molar-refractivity contribution in [2.45, 2.75) is 0 Å². The van der Waals surface area contributed by atoms with Crippen LogP contribution in [0.4, 0.5) is 5.69 Å². The molecular weight excluding hydrogens is 218 g/mol. The van der Waals surface area contributed by atoms with Crippen LogP contribution in [-0.2, 0) is 0 Å². The highest BCUT2D eigenvalue weighted by atomic mass is 16.3. The van der Waals surface area contributed by atoms with Gasteiger partial charge in [0.25, 0.3) is 5.91 Å². The Morgan fingerprint density at radius 2 is 2.29 bits per heavy atom. The molecule has 0 radical (unpaired) electrons. The van der Waals surface area contributed by atoms with Crippen LogP contribution in [0.25, 0.3) is 10.9 Å². The van der Waals surface area contributed by atoms with E-state index < -0.39 is 0 Å². The highest BCUT2D eigenvalue weighted by Gasteiger charge is 2.07. The van der Waals surface area contributed by atoms with Crippen LogP contribution in [0.2, 0.25) is 0 Å². The topological polar surface area (TPSA) is 70.9 Å². The van der Waals surface area contributed by atoms with Gasteiger partial charge in [0, 0.05) is 11.1 Å². The first-order valence-electron chi connectivity index (χ1n) is 5.09. The van der Waals surface area contributed by atoms with Crippen LogP contribution in [0.1, 0.15) is 10.4 Å². The number of aromatic amines is 1. The van der Waals surface area contributed by atoms with Gasteiger partial charge >= 0.3 is 0 Å². The lowest BCUT2D eigenvalue weighted by Crippen LogP contribution is -2.10. The average Bonchev–Trinajstić information content (AvgIpc) is 2.99. The molecule has 2 aromatic heterocycles.